The second kappa shape index (κ2) is 13.4. The van der Waals surface area contributed by atoms with E-state index >= 15 is 0 Å². The molecule has 5 aromatic rings. The van der Waals surface area contributed by atoms with Crippen molar-refractivity contribution in [2.45, 2.75) is 26.4 Å². The number of benzene rings is 4. The molecule has 0 spiro atoms. The van der Waals surface area contributed by atoms with E-state index in [2.05, 4.69) is 0 Å². The molecule has 218 valence electrons. The number of hydrogen-bond donors (Lipinski definition) is 0. The number of carbonyl (C=O) groups excluding carboxylic acids is 3. The summed E-state index contributed by atoms with van der Waals surface area (Å²) in [6, 6.07) is 31.3. The van der Waals surface area contributed by atoms with E-state index < -0.39 is 12.6 Å². The normalized spacial score (nSPS) is 10.9. The first kappa shape index (κ1) is 29.6. The SMILES string of the molecule is COc1ccc2c(c1)c(CC(=O)OCC(=O)N(Cc1ccccc1)Cc1ccccc1)c(C)n2C(=O)c1ccc(Cl)cc1. The zero-order valence-corrected chi connectivity index (χ0v) is 24.7. The van der Waals surface area contributed by atoms with Crippen LogP contribution in [0.5, 0.6) is 5.75 Å². The van der Waals surface area contributed by atoms with Crippen LogP contribution in [0.3, 0.4) is 0 Å². The Morgan fingerprint density at radius 2 is 1.42 bits per heavy atom. The molecule has 0 aliphatic carbocycles. The molecule has 0 atom stereocenters. The van der Waals surface area contributed by atoms with Gasteiger partial charge in [-0.2, -0.15) is 0 Å². The van der Waals surface area contributed by atoms with Crippen LogP contribution in [0.1, 0.15) is 32.7 Å². The fourth-order valence-corrected chi connectivity index (χ4v) is 5.19. The first-order valence-electron chi connectivity index (χ1n) is 13.8. The molecule has 0 saturated carbocycles. The molecule has 8 heteroatoms. The minimum atomic E-state index is -0.573. The molecule has 0 bridgehead atoms. The van der Waals surface area contributed by atoms with Crippen LogP contribution in [0.2, 0.25) is 5.02 Å². The number of esters is 1. The summed E-state index contributed by atoms with van der Waals surface area (Å²) in [5, 5.41) is 1.22. The van der Waals surface area contributed by atoms with Crippen molar-refractivity contribution >= 4 is 40.3 Å². The van der Waals surface area contributed by atoms with Crippen molar-refractivity contribution in [2.75, 3.05) is 13.7 Å². The third-order valence-corrected chi connectivity index (χ3v) is 7.55. The van der Waals surface area contributed by atoms with Gasteiger partial charge in [0, 0.05) is 34.8 Å². The van der Waals surface area contributed by atoms with Crippen molar-refractivity contribution < 1.29 is 23.9 Å². The van der Waals surface area contributed by atoms with E-state index in [1.54, 1.807) is 66.0 Å². The lowest BCUT2D eigenvalue weighted by Gasteiger charge is -2.23. The first-order valence-corrected chi connectivity index (χ1v) is 14.2. The van der Waals surface area contributed by atoms with Crippen molar-refractivity contribution in [3.05, 3.63) is 136 Å². The van der Waals surface area contributed by atoms with E-state index in [1.165, 1.54) is 0 Å². The van der Waals surface area contributed by atoms with Crippen molar-refractivity contribution in [2.24, 2.45) is 0 Å². The lowest BCUT2D eigenvalue weighted by molar-refractivity contribution is -0.152. The third kappa shape index (κ3) is 6.96. The molecule has 7 nitrogen and oxygen atoms in total. The van der Waals surface area contributed by atoms with Gasteiger partial charge in [0.25, 0.3) is 11.8 Å². The molecule has 0 fully saturated rings. The summed E-state index contributed by atoms with van der Waals surface area (Å²) in [5.41, 5.74) is 4.26. The second-order valence-corrected chi connectivity index (χ2v) is 10.6. The average Bonchev–Trinajstić information content (AvgIpc) is 3.30. The lowest BCUT2D eigenvalue weighted by atomic mass is 10.1. The number of nitrogens with zero attached hydrogens (tertiary/aromatic N) is 2. The van der Waals surface area contributed by atoms with Crippen LogP contribution >= 0.6 is 11.6 Å². The maximum absolute atomic E-state index is 13.6. The zero-order valence-electron chi connectivity index (χ0n) is 24.0. The Balaban J connectivity index is 1.36. The fraction of sp³-hybridized carbons (Fsp3) is 0.171. The van der Waals surface area contributed by atoms with E-state index in [9.17, 15) is 14.4 Å². The predicted octanol–water partition coefficient (Wildman–Crippen LogP) is 6.61. The number of amides is 1. The van der Waals surface area contributed by atoms with Gasteiger partial charge >= 0.3 is 5.97 Å². The van der Waals surface area contributed by atoms with Gasteiger partial charge < -0.3 is 14.4 Å². The van der Waals surface area contributed by atoms with Crippen molar-refractivity contribution in [3.8, 4) is 5.75 Å². The van der Waals surface area contributed by atoms with Gasteiger partial charge in [0.15, 0.2) is 6.61 Å². The molecule has 1 amide bonds. The van der Waals surface area contributed by atoms with E-state index in [0.29, 0.717) is 51.6 Å². The second-order valence-electron chi connectivity index (χ2n) is 10.2. The summed E-state index contributed by atoms with van der Waals surface area (Å²) in [6.45, 7) is 2.15. The van der Waals surface area contributed by atoms with Crippen molar-refractivity contribution in [1.29, 1.82) is 0 Å². The lowest BCUT2D eigenvalue weighted by Crippen LogP contribution is -2.34. The van der Waals surface area contributed by atoms with Gasteiger partial charge in [0.1, 0.15) is 5.75 Å². The number of carbonyl (C=O) groups is 3. The maximum Gasteiger partial charge on any atom is 0.310 e. The molecule has 5 rings (SSSR count). The summed E-state index contributed by atoms with van der Waals surface area (Å²) in [6.07, 6.45) is -0.124. The Morgan fingerprint density at radius 1 is 0.814 bits per heavy atom. The zero-order chi connectivity index (χ0) is 30.3. The third-order valence-electron chi connectivity index (χ3n) is 7.30. The van der Waals surface area contributed by atoms with Crippen molar-refractivity contribution in [1.82, 2.24) is 9.47 Å². The van der Waals surface area contributed by atoms with Crippen LogP contribution < -0.4 is 4.74 Å². The summed E-state index contributed by atoms with van der Waals surface area (Å²) in [7, 11) is 1.56. The minimum Gasteiger partial charge on any atom is -0.497 e. The molecule has 0 N–H and O–H groups in total. The molecule has 4 aromatic carbocycles. The van der Waals surface area contributed by atoms with Crippen LogP contribution in [0.4, 0.5) is 0 Å². The molecule has 0 unspecified atom stereocenters. The molecule has 0 saturated heterocycles. The number of aromatic nitrogens is 1. The topological polar surface area (TPSA) is 77.8 Å². The largest absolute Gasteiger partial charge is 0.497 e. The van der Waals surface area contributed by atoms with Crippen LogP contribution in [0, 0.1) is 6.92 Å². The number of hydrogen-bond acceptors (Lipinski definition) is 5. The molecular formula is C35H31ClN2O5. The van der Waals surface area contributed by atoms with Gasteiger partial charge in [0.05, 0.1) is 19.0 Å². The Bertz CT molecular complexity index is 1710. The maximum atomic E-state index is 13.6. The summed E-state index contributed by atoms with van der Waals surface area (Å²) in [4.78, 5) is 41.7. The Morgan fingerprint density at radius 3 is 2.00 bits per heavy atom. The van der Waals surface area contributed by atoms with Gasteiger partial charge in [-0.1, -0.05) is 72.3 Å². The number of fused-ring (bicyclic) bond motifs is 1. The number of methoxy groups -OCH3 is 1. The molecule has 0 aliphatic heterocycles. The highest BCUT2D eigenvalue weighted by Gasteiger charge is 2.24. The first-order chi connectivity index (χ1) is 20.8. The highest BCUT2D eigenvalue weighted by Crippen LogP contribution is 2.31. The molecule has 1 heterocycles. The fourth-order valence-electron chi connectivity index (χ4n) is 5.06. The Kier molecular flexibility index (Phi) is 9.23. The van der Waals surface area contributed by atoms with Gasteiger partial charge in [-0.3, -0.25) is 19.0 Å². The van der Waals surface area contributed by atoms with Crippen molar-refractivity contribution in [3.63, 3.8) is 0 Å². The van der Waals surface area contributed by atoms with Crippen LogP contribution in [0.15, 0.2) is 103 Å². The smallest absolute Gasteiger partial charge is 0.310 e. The van der Waals surface area contributed by atoms with Crippen LogP contribution in [-0.2, 0) is 33.8 Å². The number of rotatable bonds is 10. The quantitative estimate of drug-likeness (QED) is 0.170. The highest BCUT2D eigenvalue weighted by atomic mass is 35.5. The summed E-state index contributed by atoms with van der Waals surface area (Å²) < 4.78 is 12.5. The van der Waals surface area contributed by atoms with Gasteiger partial charge in [-0.05, 0) is 66.1 Å². The standard InChI is InChI=1S/C35H31ClN2O5/c1-24-30(31-19-29(42-2)17-18-32(31)38(24)35(41)27-13-15-28(36)16-14-27)20-34(40)43-23-33(39)37(21-25-9-5-3-6-10-25)22-26-11-7-4-8-12-26/h3-19H,20-23H2,1-2H3. The monoisotopic (exact) mass is 594 g/mol. The molecule has 0 aliphatic rings. The number of halogens is 1. The Hall–Kier alpha value is -4.88. The summed E-state index contributed by atoms with van der Waals surface area (Å²) >= 11 is 6.03. The van der Waals surface area contributed by atoms with E-state index in [0.717, 1.165) is 11.1 Å². The molecule has 43 heavy (non-hydrogen) atoms. The molecule has 0 radical (unpaired) electrons. The van der Waals surface area contributed by atoms with Crippen LogP contribution in [0.25, 0.3) is 10.9 Å². The Labute approximate surface area is 255 Å². The summed E-state index contributed by atoms with van der Waals surface area (Å²) in [5.74, 6) is -0.543. The van der Waals surface area contributed by atoms with Gasteiger partial charge in [-0.25, -0.2) is 0 Å². The van der Waals surface area contributed by atoms with E-state index in [1.807, 2.05) is 60.7 Å². The minimum absolute atomic E-state index is 0.124. The van der Waals surface area contributed by atoms with Gasteiger partial charge in [0.2, 0.25) is 0 Å². The molecule has 1 aromatic heterocycles. The molecular weight excluding hydrogens is 564 g/mol. The predicted molar refractivity (Wildman–Crippen MR) is 166 cm³/mol. The highest BCUT2D eigenvalue weighted by molar-refractivity contribution is 6.30. The van der Waals surface area contributed by atoms with E-state index in [-0.39, 0.29) is 18.2 Å². The van der Waals surface area contributed by atoms with Crippen LogP contribution in [-0.4, -0.2) is 41.0 Å². The number of ether oxygens (including phenoxy) is 2. The average molecular weight is 595 g/mol. The van der Waals surface area contributed by atoms with Gasteiger partial charge in [-0.15, -0.1) is 0 Å². The van der Waals surface area contributed by atoms with E-state index in [4.69, 9.17) is 21.1 Å².